The molecule has 1 aliphatic rings. The summed E-state index contributed by atoms with van der Waals surface area (Å²) in [5.41, 5.74) is 0.462. The first kappa shape index (κ1) is 14.6. The summed E-state index contributed by atoms with van der Waals surface area (Å²) in [7, 11) is 0. The number of carbonyl (C=O) groups excluding carboxylic acids is 1. The van der Waals surface area contributed by atoms with Crippen LogP contribution < -0.4 is 5.32 Å². The standard InChI is InChI=1S/C14H21BrN2O2/c1-3-6-17-9-11(15)8-12(17)13(18)16-14(2)5-4-7-19-10-14/h8-9H,3-7,10H2,1-2H3,(H,16,18). The van der Waals surface area contributed by atoms with Gasteiger partial charge >= 0.3 is 0 Å². The van der Waals surface area contributed by atoms with Crippen LogP contribution in [-0.4, -0.2) is 29.2 Å². The minimum absolute atomic E-state index is 0.0212. The molecule has 1 amide bonds. The van der Waals surface area contributed by atoms with E-state index in [1.165, 1.54) is 0 Å². The number of aryl methyl sites for hydroxylation is 1. The fraction of sp³-hybridized carbons (Fsp3) is 0.643. The van der Waals surface area contributed by atoms with Gasteiger partial charge in [-0.15, -0.1) is 0 Å². The second-order valence-corrected chi connectivity index (χ2v) is 6.32. The van der Waals surface area contributed by atoms with Gasteiger partial charge in [0.25, 0.3) is 5.91 Å². The summed E-state index contributed by atoms with van der Waals surface area (Å²) in [4.78, 5) is 12.4. The maximum Gasteiger partial charge on any atom is 0.268 e. The van der Waals surface area contributed by atoms with Crippen LogP contribution >= 0.6 is 15.9 Å². The van der Waals surface area contributed by atoms with E-state index < -0.39 is 0 Å². The molecule has 0 spiro atoms. The fourth-order valence-corrected chi connectivity index (χ4v) is 2.93. The highest BCUT2D eigenvalue weighted by Crippen LogP contribution is 2.21. The smallest absolute Gasteiger partial charge is 0.268 e. The van der Waals surface area contributed by atoms with Crippen LogP contribution in [0.2, 0.25) is 0 Å². The van der Waals surface area contributed by atoms with E-state index in [2.05, 4.69) is 28.2 Å². The van der Waals surface area contributed by atoms with Gasteiger partial charge in [0.1, 0.15) is 5.69 Å². The first-order chi connectivity index (χ1) is 9.04. The van der Waals surface area contributed by atoms with Crippen LogP contribution in [0.1, 0.15) is 43.6 Å². The Morgan fingerprint density at radius 1 is 1.63 bits per heavy atom. The normalized spacial score (nSPS) is 23.3. The Labute approximate surface area is 122 Å². The molecular formula is C14H21BrN2O2. The molecule has 1 atom stereocenters. The van der Waals surface area contributed by atoms with E-state index in [-0.39, 0.29) is 11.4 Å². The van der Waals surface area contributed by atoms with Crippen molar-refractivity contribution in [2.75, 3.05) is 13.2 Å². The number of nitrogens with one attached hydrogen (secondary N) is 1. The third-order valence-corrected chi connectivity index (χ3v) is 3.85. The van der Waals surface area contributed by atoms with Gasteiger partial charge in [0.15, 0.2) is 0 Å². The van der Waals surface area contributed by atoms with Crippen LogP contribution in [0.4, 0.5) is 0 Å². The Morgan fingerprint density at radius 2 is 2.42 bits per heavy atom. The van der Waals surface area contributed by atoms with Crippen molar-refractivity contribution < 1.29 is 9.53 Å². The van der Waals surface area contributed by atoms with Crippen LogP contribution in [0.5, 0.6) is 0 Å². The minimum atomic E-state index is -0.247. The molecule has 0 aromatic carbocycles. The average molecular weight is 329 g/mol. The van der Waals surface area contributed by atoms with Crippen molar-refractivity contribution in [3.8, 4) is 0 Å². The second-order valence-electron chi connectivity index (χ2n) is 5.41. The summed E-state index contributed by atoms with van der Waals surface area (Å²) in [6.07, 6.45) is 4.92. The van der Waals surface area contributed by atoms with Crippen LogP contribution in [0, 0.1) is 0 Å². The van der Waals surface area contributed by atoms with Crippen molar-refractivity contribution in [3.63, 3.8) is 0 Å². The lowest BCUT2D eigenvalue weighted by atomic mass is 9.95. The van der Waals surface area contributed by atoms with Gasteiger partial charge in [-0.05, 0) is 48.2 Å². The van der Waals surface area contributed by atoms with E-state index in [9.17, 15) is 4.79 Å². The van der Waals surface area contributed by atoms with E-state index in [0.29, 0.717) is 12.3 Å². The first-order valence-electron chi connectivity index (χ1n) is 6.80. The Bertz CT molecular complexity index is 450. The zero-order chi connectivity index (χ0) is 13.9. The van der Waals surface area contributed by atoms with Crippen molar-refractivity contribution in [2.24, 2.45) is 0 Å². The van der Waals surface area contributed by atoms with E-state index in [0.717, 1.165) is 36.9 Å². The molecule has 1 saturated heterocycles. The summed E-state index contributed by atoms with van der Waals surface area (Å²) in [6, 6.07) is 1.87. The largest absolute Gasteiger partial charge is 0.379 e. The highest BCUT2D eigenvalue weighted by atomic mass is 79.9. The van der Waals surface area contributed by atoms with Crippen molar-refractivity contribution in [2.45, 2.75) is 45.2 Å². The van der Waals surface area contributed by atoms with Crippen molar-refractivity contribution in [1.29, 1.82) is 0 Å². The number of hydrogen-bond acceptors (Lipinski definition) is 2. The number of rotatable bonds is 4. The van der Waals surface area contributed by atoms with E-state index in [1.807, 2.05) is 23.8 Å². The summed E-state index contributed by atoms with van der Waals surface area (Å²) >= 11 is 3.43. The lowest BCUT2D eigenvalue weighted by molar-refractivity contribution is 0.0270. The predicted octanol–water partition coefficient (Wildman–Crippen LogP) is 2.96. The SMILES string of the molecule is CCCn1cc(Br)cc1C(=O)NC1(C)CCCOC1. The zero-order valence-corrected chi connectivity index (χ0v) is 13.1. The third-order valence-electron chi connectivity index (χ3n) is 3.41. The van der Waals surface area contributed by atoms with Gasteiger partial charge in [0.05, 0.1) is 12.1 Å². The number of hydrogen-bond donors (Lipinski definition) is 1. The van der Waals surface area contributed by atoms with Gasteiger partial charge in [0, 0.05) is 23.8 Å². The van der Waals surface area contributed by atoms with Gasteiger partial charge in [-0.2, -0.15) is 0 Å². The van der Waals surface area contributed by atoms with Crippen molar-refractivity contribution in [3.05, 3.63) is 22.4 Å². The molecule has 106 valence electrons. The van der Waals surface area contributed by atoms with Gasteiger partial charge < -0.3 is 14.6 Å². The molecule has 19 heavy (non-hydrogen) atoms. The summed E-state index contributed by atoms with van der Waals surface area (Å²) in [5.74, 6) is -0.0212. The molecule has 0 saturated carbocycles. The van der Waals surface area contributed by atoms with Gasteiger partial charge in [-0.3, -0.25) is 4.79 Å². The Balaban J connectivity index is 2.10. The van der Waals surface area contributed by atoms with Crippen LogP contribution in [0.15, 0.2) is 16.7 Å². The number of carbonyl (C=O) groups is 1. The van der Waals surface area contributed by atoms with Crippen LogP contribution in [0.3, 0.4) is 0 Å². The number of aromatic nitrogens is 1. The van der Waals surface area contributed by atoms with Gasteiger partial charge in [-0.25, -0.2) is 0 Å². The summed E-state index contributed by atoms with van der Waals surface area (Å²) in [5, 5.41) is 3.12. The molecule has 1 aromatic heterocycles. The lowest BCUT2D eigenvalue weighted by Gasteiger charge is -2.34. The molecule has 4 nitrogen and oxygen atoms in total. The maximum atomic E-state index is 12.4. The highest BCUT2D eigenvalue weighted by molar-refractivity contribution is 9.10. The second kappa shape index (κ2) is 6.09. The molecule has 1 aliphatic heterocycles. The maximum absolute atomic E-state index is 12.4. The van der Waals surface area contributed by atoms with E-state index in [4.69, 9.17) is 4.74 Å². The Hall–Kier alpha value is -0.810. The molecule has 0 aliphatic carbocycles. The zero-order valence-electron chi connectivity index (χ0n) is 11.5. The summed E-state index contributed by atoms with van der Waals surface area (Å²) < 4.78 is 8.41. The molecule has 5 heteroatoms. The third kappa shape index (κ3) is 3.60. The number of amides is 1. The first-order valence-corrected chi connectivity index (χ1v) is 7.59. The quantitative estimate of drug-likeness (QED) is 0.923. The fourth-order valence-electron chi connectivity index (χ4n) is 2.46. The van der Waals surface area contributed by atoms with Crippen LogP contribution in [-0.2, 0) is 11.3 Å². The Morgan fingerprint density at radius 3 is 3.05 bits per heavy atom. The molecule has 1 aromatic rings. The lowest BCUT2D eigenvalue weighted by Crippen LogP contribution is -2.51. The molecule has 1 N–H and O–H groups in total. The highest BCUT2D eigenvalue weighted by Gasteiger charge is 2.30. The monoisotopic (exact) mass is 328 g/mol. The topological polar surface area (TPSA) is 43.3 Å². The van der Waals surface area contributed by atoms with E-state index >= 15 is 0 Å². The number of nitrogens with zero attached hydrogens (tertiary/aromatic N) is 1. The number of halogens is 1. The van der Waals surface area contributed by atoms with Crippen molar-refractivity contribution in [1.82, 2.24) is 9.88 Å². The van der Waals surface area contributed by atoms with Crippen LogP contribution in [0.25, 0.3) is 0 Å². The number of ether oxygens (including phenoxy) is 1. The summed E-state index contributed by atoms with van der Waals surface area (Å²) in [6.45, 7) is 6.39. The molecule has 2 heterocycles. The molecular weight excluding hydrogens is 308 g/mol. The molecule has 0 radical (unpaired) electrons. The molecule has 2 rings (SSSR count). The molecule has 0 bridgehead atoms. The van der Waals surface area contributed by atoms with E-state index in [1.54, 1.807) is 0 Å². The van der Waals surface area contributed by atoms with Gasteiger partial charge in [-0.1, -0.05) is 6.92 Å². The predicted molar refractivity (Wildman–Crippen MR) is 78.3 cm³/mol. The minimum Gasteiger partial charge on any atom is -0.379 e. The van der Waals surface area contributed by atoms with Gasteiger partial charge in [0.2, 0.25) is 0 Å². The molecule has 1 fully saturated rings. The Kier molecular flexibility index (Phi) is 4.68. The molecule has 1 unspecified atom stereocenters. The van der Waals surface area contributed by atoms with Crippen molar-refractivity contribution >= 4 is 21.8 Å². The average Bonchev–Trinajstić information content (AvgIpc) is 2.71.